The Hall–Kier alpha value is -0.840. The van der Waals surface area contributed by atoms with Gasteiger partial charge in [0.1, 0.15) is 5.82 Å². The third-order valence-electron chi connectivity index (χ3n) is 2.29. The average Bonchev–Trinajstić information content (AvgIpc) is 2.32. The highest BCUT2D eigenvalue weighted by Gasteiger charge is 2.05. The van der Waals surface area contributed by atoms with Crippen LogP contribution >= 0.6 is 39.1 Å². The van der Waals surface area contributed by atoms with E-state index in [1.165, 1.54) is 6.07 Å². The number of nitrogens with one attached hydrogen (secondary N) is 1. The van der Waals surface area contributed by atoms with Crippen LogP contribution in [-0.4, -0.2) is 4.98 Å². The van der Waals surface area contributed by atoms with Crippen LogP contribution in [0.2, 0.25) is 10.2 Å². The van der Waals surface area contributed by atoms with Gasteiger partial charge in [-0.2, -0.15) is 0 Å². The summed E-state index contributed by atoms with van der Waals surface area (Å²) >= 11 is 14.9. The molecule has 6 heteroatoms. The van der Waals surface area contributed by atoms with Crippen molar-refractivity contribution in [1.82, 2.24) is 4.98 Å². The summed E-state index contributed by atoms with van der Waals surface area (Å²) in [6.45, 7) is 0.306. The fraction of sp³-hybridized carbons (Fsp3) is 0.0833. The average molecular weight is 350 g/mol. The molecule has 18 heavy (non-hydrogen) atoms. The Morgan fingerprint density at radius 1 is 1.28 bits per heavy atom. The second-order valence-corrected chi connectivity index (χ2v) is 5.29. The summed E-state index contributed by atoms with van der Waals surface area (Å²) in [5, 5.41) is 3.74. The summed E-state index contributed by atoms with van der Waals surface area (Å²) in [5.41, 5.74) is 1.15. The molecular formula is C12H8BrCl2FN2. The van der Waals surface area contributed by atoms with E-state index in [1.54, 1.807) is 24.4 Å². The van der Waals surface area contributed by atoms with Crippen LogP contribution in [0.1, 0.15) is 5.56 Å². The molecule has 0 spiro atoms. The van der Waals surface area contributed by atoms with Gasteiger partial charge in [-0.05, 0) is 34.1 Å². The third kappa shape index (κ3) is 3.34. The van der Waals surface area contributed by atoms with Crippen LogP contribution in [0.3, 0.4) is 0 Å². The second-order valence-electron chi connectivity index (χ2n) is 3.58. The lowest BCUT2D eigenvalue weighted by Crippen LogP contribution is -2.02. The highest BCUT2D eigenvalue weighted by atomic mass is 79.9. The monoisotopic (exact) mass is 348 g/mol. The molecule has 0 bridgehead atoms. The number of halogens is 4. The Kier molecular flexibility index (Phi) is 4.43. The number of pyridine rings is 1. The van der Waals surface area contributed by atoms with Gasteiger partial charge in [0.15, 0.2) is 5.15 Å². The highest BCUT2D eigenvalue weighted by molar-refractivity contribution is 9.10. The van der Waals surface area contributed by atoms with Crippen LogP contribution in [0.5, 0.6) is 0 Å². The normalized spacial score (nSPS) is 10.4. The number of benzene rings is 1. The highest BCUT2D eigenvalue weighted by Crippen LogP contribution is 2.24. The number of aromatic nitrogens is 1. The molecule has 1 aromatic carbocycles. The van der Waals surface area contributed by atoms with Gasteiger partial charge in [0, 0.05) is 27.8 Å². The molecule has 0 aliphatic rings. The molecule has 0 unspecified atom stereocenters. The first-order valence-electron chi connectivity index (χ1n) is 5.05. The van der Waals surface area contributed by atoms with E-state index < -0.39 is 0 Å². The summed E-state index contributed by atoms with van der Waals surface area (Å²) in [5.74, 6) is -0.353. The number of rotatable bonds is 3. The van der Waals surface area contributed by atoms with Gasteiger partial charge in [-0.25, -0.2) is 9.37 Å². The van der Waals surface area contributed by atoms with Crippen LogP contribution in [0, 0.1) is 5.82 Å². The molecule has 2 rings (SSSR count). The molecule has 0 radical (unpaired) electrons. The van der Waals surface area contributed by atoms with E-state index in [0.717, 1.165) is 4.47 Å². The third-order valence-corrected chi connectivity index (χ3v) is 3.26. The van der Waals surface area contributed by atoms with Crippen LogP contribution in [0.4, 0.5) is 10.1 Å². The summed E-state index contributed by atoms with van der Waals surface area (Å²) in [6.07, 6.45) is 1.59. The molecular weight excluding hydrogens is 342 g/mol. The van der Waals surface area contributed by atoms with Gasteiger partial charge < -0.3 is 5.32 Å². The second kappa shape index (κ2) is 5.87. The van der Waals surface area contributed by atoms with Crippen molar-refractivity contribution in [2.24, 2.45) is 0 Å². The number of nitrogens with zero attached hydrogens (tertiary/aromatic N) is 1. The Labute approximate surface area is 122 Å². The summed E-state index contributed by atoms with van der Waals surface area (Å²) in [6, 6.07) is 6.33. The maximum Gasteiger partial charge on any atom is 0.152 e. The Morgan fingerprint density at radius 3 is 2.78 bits per heavy atom. The topological polar surface area (TPSA) is 24.9 Å². The van der Waals surface area contributed by atoms with Crippen molar-refractivity contribution < 1.29 is 4.39 Å². The smallest absolute Gasteiger partial charge is 0.152 e. The van der Waals surface area contributed by atoms with Crippen LogP contribution in [0.15, 0.2) is 34.9 Å². The number of hydrogen-bond acceptors (Lipinski definition) is 2. The van der Waals surface area contributed by atoms with E-state index in [1.807, 2.05) is 0 Å². The zero-order valence-corrected chi connectivity index (χ0v) is 12.2. The Bertz CT molecular complexity index is 578. The minimum absolute atomic E-state index is 0.306. The zero-order chi connectivity index (χ0) is 13.1. The first-order valence-corrected chi connectivity index (χ1v) is 6.60. The molecule has 0 fully saturated rings. The Morgan fingerprint density at radius 2 is 2.06 bits per heavy atom. The minimum Gasteiger partial charge on any atom is -0.378 e. The first kappa shape index (κ1) is 13.6. The molecule has 0 amide bonds. The van der Waals surface area contributed by atoms with Crippen molar-refractivity contribution in [1.29, 1.82) is 0 Å². The van der Waals surface area contributed by atoms with Gasteiger partial charge >= 0.3 is 0 Å². The predicted octanol–water partition coefficient (Wildman–Crippen LogP) is 4.90. The molecule has 1 aromatic heterocycles. The maximum atomic E-state index is 13.6. The number of anilines is 1. The lowest BCUT2D eigenvalue weighted by molar-refractivity contribution is 0.613. The molecule has 0 aliphatic heterocycles. The molecule has 1 N–H and O–H groups in total. The molecule has 1 heterocycles. The predicted molar refractivity (Wildman–Crippen MR) is 75.7 cm³/mol. The molecule has 0 aliphatic carbocycles. The SMILES string of the molecule is Fc1cc(Cl)ccc1CNc1cc(Br)cnc1Cl. The van der Waals surface area contributed by atoms with Crippen LogP contribution < -0.4 is 5.32 Å². The van der Waals surface area contributed by atoms with Crippen LogP contribution in [0.25, 0.3) is 0 Å². The summed E-state index contributed by atoms with van der Waals surface area (Å²) < 4.78 is 14.3. The van der Waals surface area contributed by atoms with E-state index in [-0.39, 0.29) is 5.82 Å². The van der Waals surface area contributed by atoms with Gasteiger partial charge in [-0.15, -0.1) is 0 Å². The maximum absolute atomic E-state index is 13.6. The quantitative estimate of drug-likeness (QED) is 0.797. The van der Waals surface area contributed by atoms with Crippen molar-refractivity contribution >= 4 is 44.8 Å². The fourth-order valence-corrected chi connectivity index (χ4v) is 2.06. The van der Waals surface area contributed by atoms with Gasteiger partial charge in [0.2, 0.25) is 0 Å². The first-order chi connectivity index (χ1) is 8.56. The van der Waals surface area contributed by atoms with Crippen molar-refractivity contribution in [2.75, 3.05) is 5.32 Å². The molecule has 0 atom stereocenters. The van der Waals surface area contributed by atoms with E-state index in [0.29, 0.717) is 28.0 Å². The van der Waals surface area contributed by atoms with E-state index >= 15 is 0 Å². The van der Waals surface area contributed by atoms with E-state index in [4.69, 9.17) is 23.2 Å². The van der Waals surface area contributed by atoms with Gasteiger partial charge in [-0.3, -0.25) is 0 Å². The molecule has 94 valence electrons. The molecule has 2 aromatic rings. The van der Waals surface area contributed by atoms with Gasteiger partial charge in [0.05, 0.1) is 5.69 Å². The van der Waals surface area contributed by atoms with Crippen LogP contribution in [-0.2, 0) is 6.54 Å². The van der Waals surface area contributed by atoms with Gasteiger partial charge in [-0.1, -0.05) is 29.3 Å². The largest absolute Gasteiger partial charge is 0.378 e. The lowest BCUT2D eigenvalue weighted by Gasteiger charge is -2.09. The summed E-state index contributed by atoms with van der Waals surface area (Å²) in [4.78, 5) is 3.97. The molecule has 2 nitrogen and oxygen atoms in total. The Balaban J connectivity index is 2.13. The zero-order valence-electron chi connectivity index (χ0n) is 9.05. The van der Waals surface area contributed by atoms with Crippen molar-refractivity contribution in [2.45, 2.75) is 6.54 Å². The molecule has 0 saturated heterocycles. The fourth-order valence-electron chi connectivity index (χ4n) is 1.40. The van der Waals surface area contributed by atoms with E-state index in [2.05, 4.69) is 26.2 Å². The van der Waals surface area contributed by atoms with Crippen molar-refractivity contribution in [3.63, 3.8) is 0 Å². The lowest BCUT2D eigenvalue weighted by atomic mass is 10.2. The van der Waals surface area contributed by atoms with Gasteiger partial charge in [0.25, 0.3) is 0 Å². The van der Waals surface area contributed by atoms with Crippen molar-refractivity contribution in [3.8, 4) is 0 Å². The van der Waals surface area contributed by atoms with E-state index in [9.17, 15) is 4.39 Å². The summed E-state index contributed by atoms with van der Waals surface area (Å²) in [7, 11) is 0. The number of hydrogen-bond donors (Lipinski definition) is 1. The molecule has 0 saturated carbocycles. The standard InChI is InChI=1S/C12H8BrCl2FN2/c13-8-3-11(12(15)18-6-8)17-5-7-1-2-9(14)4-10(7)16/h1-4,6,17H,5H2. The van der Waals surface area contributed by atoms with Crippen molar-refractivity contribution in [3.05, 3.63) is 56.5 Å². The minimum atomic E-state index is -0.353.